The third kappa shape index (κ3) is 3.45. The van der Waals surface area contributed by atoms with Crippen LogP contribution in [-0.2, 0) is 11.2 Å². The molecule has 1 atom stereocenters. The second-order valence-corrected chi connectivity index (χ2v) is 10.0. The number of hydrogen-bond acceptors (Lipinski definition) is 6. The monoisotopic (exact) mass is 441 g/mol. The Morgan fingerprint density at radius 1 is 1.16 bits per heavy atom. The maximum Gasteiger partial charge on any atom is 0.272 e. The maximum absolute atomic E-state index is 13.7. The van der Waals surface area contributed by atoms with Gasteiger partial charge in [0, 0.05) is 36.3 Å². The fraction of sp³-hybridized carbons (Fsp3) is 0.458. The number of ether oxygens (including phenoxy) is 2. The Kier molecular flexibility index (Phi) is 5.41. The molecule has 2 aliphatic rings. The molecule has 0 saturated heterocycles. The minimum atomic E-state index is -0.263. The number of nitrogens with zero attached hydrogens (tertiary/aromatic N) is 3. The molecule has 1 amide bonds. The Hall–Kier alpha value is -2.67. The van der Waals surface area contributed by atoms with Crippen LogP contribution in [0.3, 0.4) is 0 Å². The lowest BCUT2D eigenvalue weighted by Gasteiger charge is -2.36. The molecule has 2 aromatic rings. The molecular weight excluding hydrogens is 410 g/mol. The van der Waals surface area contributed by atoms with Gasteiger partial charge in [-0.3, -0.25) is 4.79 Å². The van der Waals surface area contributed by atoms with Crippen molar-refractivity contribution in [2.45, 2.75) is 45.3 Å². The summed E-state index contributed by atoms with van der Waals surface area (Å²) in [6, 6.07) is 8.31. The topological polar surface area (TPSA) is 45.3 Å². The first-order chi connectivity index (χ1) is 14.7. The van der Waals surface area contributed by atoms with Gasteiger partial charge in [-0.15, -0.1) is 11.3 Å². The highest BCUT2D eigenvalue weighted by atomic mass is 32.1. The van der Waals surface area contributed by atoms with E-state index in [9.17, 15) is 4.79 Å². The normalized spacial score (nSPS) is 18.1. The molecule has 7 heteroatoms. The largest absolute Gasteiger partial charge is 0.493 e. The number of likely N-dealkylation sites (N-methyl/N-ethyl adjacent to an activating group) is 2. The highest BCUT2D eigenvalue weighted by Crippen LogP contribution is 2.51. The molecule has 0 fully saturated rings. The molecule has 0 spiro atoms. The van der Waals surface area contributed by atoms with Crippen molar-refractivity contribution in [2.24, 2.45) is 0 Å². The summed E-state index contributed by atoms with van der Waals surface area (Å²) in [7, 11) is 7.23. The number of benzene rings is 1. The molecule has 3 heterocycles. The van der Waals surface area contributed by atoms with E-state index in [1.54, 1.807) is 25.6 Å². The Morgan fingerprint density at radius 2 is 1.84 bits per heavy atom. The number of anilines is 1. The number of rotatable bonds is 4. The molecule has 0 radical (unpaired) electrons. The molecule has 0 N–H and O–H groups in total. The number of aryl methyl sites for hydroxylation is 1. The smallest absolute Gasteiger partial charge is 0.272 e. The van der Waals surface area contributed by atoms with Gasteiger partial charge in [0.15, 0.2) is 11.5 Å². The van der Waals surface area contributed by atoms with Gasteiger partial charge in [0.2, 0.25) is 0 Å². The number of fused-ring (bicyclic) bond motifs is 3. The molecule has 0 aliphatic carbocycles. The van der Waals surface area contributed by atoms with Crippen LogP contribution in [-0.4, -0.2) is 49.6 Å². The van der Waals surface area contributed by atoms with Crippen LogP contribution in [0, 0.1) is 0 Å². The lowest BCUT2D eigenvalue weighted by molar-refractivity contribution is -0.131. The minimum Gasteiger partial charge on any atom is -0.493 e. The zero-order valence-corrected chi connectivity index (χ0v) is 20.2. The molecule has 1 aromatic heterocycles. The fourth-order valence-electron chi connectivity index (χ4n) is 4.36. The van der Waals surface area contributed by atoms with Crippen molar-refractivity contribution in [1.29, 1.82) is 0 Å². The first kappa shape index (κ1) is 21.6. The summed E-state index contributed by atoms with van der Waals surface area (Å²) in [6.45, 7) is 6.19. The van der Waals surface area contributed by atoms with Crippen molar-refractivity contribution in [3.05, 3.63) is 51.5 Å². The van der Waals surface area contributed by atoms with Crippen LogP contribution in [0.25, 0.3) is 0 Å². The van der Waals surface area contributed by atoms with Gasteiger partial charge in [0.1, 0.15) is 11.9 Å². The zero-order chi connectivity index (χ0) is 22.5. The first-order valence-corrected chi connectivity index (χ1v) is 11.4. The Balaban J connectivity index is 1.89. The SMILES string of the molecule is COc1cc2c(cc1OC)N1C(=C(C(=O)N(C)C(C)(C)C)N(C)C1c1cccs1)CC2. The van der Waals surface area contributed by atoms with E-state index >= 15 is 0 Å². The predicted molar refractivity (Wildman–Crippen MR) is 125 cm³/mol. The van der Waals surface area contributed by atoms with Crippen molar-refractivity contribution in [2.75, 3.05) is 33.2 Å². The van der Waals surface area contributed by atoms with Crippen molar-refractivity contribution in [3.8, 4) is 11.5 Å². The van der Waals surface area contributed by atoms with Gasteiger partial charge in [-0.05, 0) is 56.7 Å². The van der Waals surface area contributed by atoms with Crippen molar-refractivity contribution in [3.63, 3.8) is 0 Å². The van der Waals surface area contributed by atoms with Crippen molar-refractivity contribution < 1.29 is 14.3 Å². The van der Waals surface area contributed by atoms with Gasteiger partial charge in [0.05, 0.1) is 19.9 Å². The van der Waals surface area contributed by atoms with Crippen molar-refractivity contribution in [1.82, 2.24) is 9.80 Å². The van der Waals surface area contributed by atoms with Gasteiger partial charge in [-0.2, -0.15) is 0 Å². The number of amides is 1. The maximum atomic E-state index is 13.7. The van der Waals surface area contributed by atoms with E-state index in [2.05, 4.69) is 54.2 Å². The van der Waals surface area contributed by atoms with Gasteiger partial charge in [0.25, 0.3) is 5.91 Å². The number of carbonyl (C=O) groups is 1. The molecular formula is C24H31N3O3S. The summed E-state index contributed by atoms with van der Waals surface area (Å²) in [5, 5.41) is 2.09. The summed E-state index contributed by atoms with van der Waals surface area (Å²) >= 11 is 1.71. The molecule has 6 nitrogen and oxygen atoms in total. The molecule has 0 bridgehead atoms. The molecule has 4 rings (SSSR count). The summed E-state index contributed by atoms with van der Waals surface area (Å²) in [5.41, 5.74) is 3.86. The zero-order valence-electron chi connectivity index (χ0n) is 19.4. The number of allylic oxidation sites excluding steroid dienone is 1. The summed E-state index contributed by atoms with van der Waals surface area (Å²) in [5.74, 6) is 1.48. The van der Waals surface area contributed by atoms with Crippen LogP contribution in [0.2, 0.25) is 0 Å². The molecule has 0 saturated carbocycles. The number of carbonyl (C=O) groups excluding carboxylic acids is 1. The van der Waals surface area contributed by atoms with Gasteiger partial charge in [-0.1, -0.05) is 6.07 Å². The van der Waals surface area contributed by atoms with Crippen LogP contribution < -0.4 is 14.4 Å². The predicted octanol–water partition coefficient (Wildman–Crippen LogP) is 4.63. The highest BCUT2D eigenvalue weighted by molar-refractivity contribution is 7.10. The standard InChI is InChI=1S/C24H31N3O3S/c1-24(2,3)26(5)23(28)21-16-11-10-15-13-18(29-6)19(30-7)14-17(15)27(16)22(25(21)4)20-9-8-12-31-20/h8-9,12-14,22H,10-11H2,1-7H3. The Morgan fingerprint density at radius 3 is 2.42 bits per heavy atom. The average molecular weight is 442 g/mol. The number of methoxy groups -OCH3 is 2. The quantitative estimate of drug-likeness (QED) is 0.692. The van der Waals surface area contributed by atoms with Gasteiger partial charge >= 0.3 is 0 Å². The second kappa shape index (κ2) is 7.79. The second-order valence-electron chi connectivity index (χ2n) is 9.04. The molecule has 31 heavy (non-hydrogen) atoms. The fourth-order valence-corrected chi connectivity index (χ4v) is 5.22. The highest BCUT2D eigenvalue weighted by Gasteiger charge is 2.45. The lowest BCUT2D eigenvalue weighted by atomic mass is 9.97. The van der Waals surface area contributed by atoms with E-state index in [1.807, 2.05) is 25.1 Å². The van der Waals surface area contributed by atoms with E-state index in [0.717, 1.165) is 35.7 Å². The summed E-state index contributed by atoms with van der Waals surface area (Å²) in [4.78, 5) is 21.2. The number of thiophene rings is 1. The van der Waals surface area contributed by atoms with E-state index in [4.69, 9.17) is 9.47 Å². The van der Waals surface area contributed by atoms with Crippen LogP contribution in [0.1, 0.15) is 43.8 Å². The van der Waals surface area contributed by atoms with Crippen LogP contribution in [0.4, 0.5) is 5.69 Å². The van der Waals surface area contributed by atoms with E-state index in [1.165, 1.54) is 10.4 Å². The third-order valence-corrected chi connectivity index (χ3v) is 7.23. The van der Waals surface area contributed by atoms with E-state index in [0.29, 0.717) is 5.75 Å². The summed E-state index contributed by atoms with van der Waals surface area (Å²) in [6.07, 6.45) is 1.58. The molecule has 1 aromatic carbocycles. The van der Waals surface area contributed by atoms with Gasteiger partial charge in [-0.25, -0.2) is 0 Å². The van der Waals surface area contributed by atoms with Gasteiger partial charge < -0.3 is 24.2 Å². The van der Waals surface area contributed by atoms with Crippen LogP contribution in [0.15, 0.2) is 41.0 Å². The Labute approximate surface area is 188 Å². The number of hydrogen-bond donors (Lipinski definition) is 0. The van der Waals surface area contributed by atoms with Crippen LogP contribution >= 0.6 is 11.3 Å². The Bertz CT molecular complexity index is 1020. The van der Waals surface area contributed by atoms with E-state index < -0.39 is 0 Å². The summed E-state index contributed by atoms with van der Waals surface area (Å²) < 4.78 is 11.1. The third-order valence-electron chi connectivity index (χ3n) is 6.31. The molecule has 2 aliphatic heterocycles. The average Bonchev–Trinajstić information content (AvgIpc) is 3.36. The van der Waals surface area contributed by atoms with E-state index in [-0.39, 0.29) is 17.6 Å². The lowest BCUT2D eigenvalue weighted by Crippen LogP contribution is -2.45. The molecule has 166 valence electrons. The minimum absolute atomic E-state index is 0.0537. The molecule has 1 unspecified atom stereocenters. The first-order valence-electron chi connectivity index (χ1n) is 10.5. The van der Waals surface area contributed by atoms with Crippen molar-refractivity contribution >= 4 is 22.9 Å². The van der Waals surface area contributed by atoms with Crippen LogP contribution in [0.5, 0.6) is 11.5 Å².